The summed E-state index contributed by atoms with van der Waals surface area (Å²) in [5, 5.41) is 10.6. The van der Waals surface area contributed by atoms with Crippen molar-refractivity contribution in [3.05, 3.63) is 33.3 Å². The summed E-state index contributed by atoms with van der Waals surface area (Å²) in [6, 6.07) is 0. The molecule has 1 aliphatic rings. The molecule has 1 N–H and O–H groups in total. The highest BCUT2D eigenvalue weighted by Gasteiger charge is 2.30. The Bertz CT molecular complexity index is 812. The van der Waals surface area contributed by atoms with Crippen molar-refractivity contribution in [3.8, 4) is 0 Å². The first-order chi connectivity index (χ1) is 10.5. The minimum atomic E-state index is -0.789. The van der Waals surface area contributed by atoms with Crippen LogP contribution in [0.1, 0.15) is 32.1 Å². The van der Waals surface area contributed by atoms with Crippen molar-refractivity contribution in [1.29, 1.82) is 0 Å². The Morgan fingerprint density at radius 3 is 2.86 bits per heavy atom. The summed E-state index contributed by atoms with van der Waals surface area (Å²) in [5.41, 5.74) is -0.308. The minimum Gasteiger partial charge on any atom is -0.388 e. The highest BCUT2D eigenvalue weighted by molar-refractivity contribution is 7.73. The third-order valence-corrected chi connectivity index (χ3v) is 5.63. The Morgan fingerprint density at radius 2 is 2.18 bits per heavy atom. The molecule has 5 nitrogen and oxygen atoms in total. The molecular formula is C15H19N3O2S2. The monoisotopic (exact) mass is 337 g/mol. The van der Waals surface area contributed by atoms with Crippen LogP contribution in [0.5, 0.6) is 0 Å². The van der Waals surface area contributed by atoms with Gasteiger partial charge in [-0.05, 0) is 25.1 Å². The summed E-state index contributed by atoms with van der Waals surface area (Å²) in [6.07, 6.45) is 7.92. The van der Waals surface area contributed by atoms with E-state index >= 15 is 0 Å². The van der Waals surface area contributed by atoms with Gasteiger partial charge in [0.2, 0.25) is 0 Å². The molecule has 0 atom stereocenters. The zero-order valence-corrected chi connectivity index (χ0v) is 14.0. The number of hydrogen-bond acceptors (Lipinski definition) is 5. The summed E-state index contributed by atoms with van der Waals surface area (Å²) in [4.78, 5) is 17.0. The Kier molecular flexibility index (Phi) is 4.29. The lowest BCUT2D eigenvalue weighted by Crippen LogP contribution is -2.39. The van der Waals surface area contributed by atoms with E-state index in [-0.39, 0.29) is 5.56 Å². The first kappa shape index (κ1) is 15.6. The van der Waals surface area contributed by atoms with Crippen LogP contribution in [-0.2, 0) is 13.1 Å². The first-order valence-electron chi connectivity index (χ1n) is 7.46. The van der Waals surface area contributed by atoms with E-state index < -0.39 is 5.60 Å². The van der Waals surface area contributed by atoms with E-state index in [0.29, 0.717) is 27.4 Å². The molecule has 0 amide bonds. The quantitative estimate of drug-likeness (QED) is 0.688. The highest BCUT2D eigenvalue weighted by Crippen LogP contribution is 2.29. The Balaban J connectivity index is 2.02. The van der Waals surface area contributed by atoms with Crippen LogP contribution in [0, 0.1) is 3.95 Å². The SMILES string of the molecule is C=CCn1c(=S)sc2c(=O)n(CC3(O)CCCCC3)cnc21. The predicted molar refractivity (Wildman–Crippen MR) is 90.9 cm³/mol. The van der Waals surface area contributed by atoms with Crippen LogP contribution < -0.4 is 5.56 Å². The van der Waals surface area contributed by atoms with Gasteiger partial charge in [-0.3, -0.25) is 9.36 Å². The lowest BCUT2D eigenvalue weighted by Gasteiger charge is -2.32. The van der Waals surface area contributed by atoms with Crippen LogP contribution >= 0.6 is 23.6 Å². The van der Waals surface area contributed by atoms with Gasteiger partial charge in [-0.1, -0.05) is 36.7 Å². The average Bonchev–Trinajstić information content (AvgIpc) is 2.81. The van der Waals surface area contributed by atoms with E-state index in [1.807, 2.05) is 4.57 Å². The largest absolute Gasteiger partial charge is 0.388 e. The molecule has 1 fully saturated rings. The second-order valence-corrected chi connectivity index (χ2v) is 7.53. The van der Waals surface area contributed by atoms with Crippen molar-refractivity contribution in [3.63, 3.8) is 0 Å². The maximum Gasteiger partial charge on any atom is 0.273 e. The molecule has 2 aromatic heterocycles. The van der Waals surface area contributed by atoms with Crippen molar-refractivity contribution in [1.82, 2.24) is 14.1 Å². The number of fused-ring (bicyclic) bond motifs is 1. The van der Waals surface area contributed by atoms with Gasteiger partial charge in [-0.15, -0.1) is 6.58 Å². The van der Waals surface area contributed by atoms with E-state index in [4.69, 9.17) is 12.2 Å². The number of hydrogen-bond donors (Lipinski definition) is 1. The van der Waals surface area contributed by atoms with E-state index in [1.54, 1.807) is 6.08 Å². The maximum atomic E-state index is 12.7. The maximum absolute atomic E-state index is 12.7. The van der Waals surface area contributed by atoms with Gasteiger partial charge in [-0.2, -0.15) is 0 Å². The lowest BCUT2D eigenvalue weighted by atomic mass is 9.85. The molecule has 0 aliphatic heterocycles. The molecule has 0 saturated heterocycles. The summed E-state index contributed by atoms with van der Waals surface area (Å²) >= 11 is 6.57. The summed E-state index contributed by atoms with van der Waals surface area (Å²) in [6.45, 7) is 4.55. The molecule has 0 aromatic carbocycles. The van der Waals surface area contributed by atoms with Gasteiger partial charge in [0.25, 0.3) is 5.56 Å². The molecule has 0 unspecified atom stereocenters. The molecule has 2 aromatic rings. The number of aromatic nitrogens is 3. The normalized spacial score (nSPS) is 17.7. The van der Waals surface area contributed by atoms with Gasteiger partial charge in [-0.25, -0.2) is 4.98 Å². The van der Waals surface area contributed by atoms with Gasteiger partial charge in [0, 0.05) is 6.54 Å². The first-order valence-corrected chi connectivity index (χ1v) is 8.69. The summed E-state index contributed by atoms with van der Waals surface area (Å²) < 4.78 is 4.50. The van der Waals surface area contributed by atoms with Crippen LogP contribution in [0.4, 0.5) is 0 Å². The van der Waals surface area contributed by atoms with Crippen molar-refractivity contribution >= 4 is 33.9 Å². The third kappa shape index (κ3) is 2.80. The van der Waals surface area contributed by atoms with Crippen LogP contribution in [0.2, 0.25) is 0 Å². The molecule has 2 heterocycles. The number of nitrogens with zero attached hydrogens (tertiary/aromatic N) is 3. The van der Waals surface area contributed by atoms with Crippen LogP contribution in [-0.4, -0.2) is 24.8 Å². The van der Waals surface area contributed by atoms with Crippen LogP contribution in [0.25, 0.3) is 10.3 Å². The smallest absolute Gasteiger partial charge is 0.273 e. The fraction of sp³-hybridized carbons (Fsp3) is 0.533. The van der Waals surface area contributed by atoms with Gasteiger partial charge in [0.15, 0.2) is 9.60 Å². The summed E-state index contributed by atoms with van der Waals surface area (Å²) in [7, 11) is 0. The van der Waals surface area contributed by atoms with Crippen LogP contribution in [0.15, 0.2) is 23.8 Å². The molecular weight excluding hydrogens is 318 g/mol. The molecule has 1 aliphatic carbocycles. The molecule has 22 heavy (non-hydrogen) atoms. The Hall–Kier alpha value is -1.31. The van der Waals surface area contributed by atoms with Crippen molar-refractivity contribution in [2.75, 3.05) is 0 Å². The van der Waals surface area contributed by atoms with E-state index in [9.17, 15) is 9.90 Å². The van der Waals surface area contributed by atoms with E-state index in [0.717, 1.165) is 32.1 Å². The van der Waals surface area contributed by atoms with Gasteiger partial charge in [0.1, 0.15) is 11.0 Å². The van der Waals surface area contributed by atoms with Crippen molar-refractivity contribution < 1.29 is 5.11 Å². The number of aliphatic hydroxyl groups is 1. The molecule has 7 heteroatoms. The molecule has 3 rings (SSSR count). The number of thiazole rings is 1. The van der Waals surface area contributed by atoms with E-state index in [1.165, 1.54) is 22.2 Å². The standard InChI is InChI=1S/C15H19N3O2S2/c1-2-8-18-12-11(22-14(18)21)13(19)17(10-16-12)9-15(20)6-4-3-5-7-15/h2,10,20H,1,3-9H2. The topological polar surface area (TPSA) is 60.0 Å². The minimum absolute atomic E-state index is 0.122. The second kappa shape index (κ2) is 6.06. The fourth-order valence-corrected chi connectivity index (χ4v) is 4.38. The number of allylic oxidation sites excluding steroid dienone is 1. The average molecular weight is 337 g/mol. The molecule has 0 bridgehead atoms. The van der Waals surface area contributed by atoms with Crippen molar-refractivity contribution in [2.24, 2.45) is 0 Å². The highest BCUT2D eigenvalue weighted by atomic mass is 32.1. The van der Waals surface area contributed by atoms with Crippen LogP contribution in [0.3, 0.4) is 0 Å². The Labute approximate surface area is 137 Å². The molecule has 0 radical (unpaired) electrons. The van der Waals surface area contributed by atoms with E-state index in [2.05, 4.69) is 11.6 Å². The Morgan fingerprint density at radius 1 is 1.45 bits per heavy atom. The molecule has 1 saturated carbocycles. The number of rotatable bonds is 4. The molecule has 118 valence electrons. The van der Waals surface area contributed by atoms with Gasteiger partial charge in [0.05, 0.1) is 12.1 Å². The fourth-order valence-electron chi connectivity index (χ4n) is 3.06. The lowest BCUT2D eigenvalue weighted by molar-refractivity contribution is -0.0123. The predicted octanol–water partition coefficient (Wildman–Crippen LogP) is 2.87. The second-order valence-electron chi connectivity index (χ2n) is 5.88. The van der Waals surface area contributed by atoms with Crippen molar-refractivity contribution in [2.45, 2.75) is 50.8 Å². The third-order valence-electron chi connectivity index (χ3n) is 4.20. The zero-order valence-electron chi connectivity index (χ0n) is 12.3. The van der Waals surface area contributed by atoms with Gasteiger partial charge >= 0.3 is 0 Å². The van der Waals surface area contributed by atoms with Gasteiger partial charge < -0.3 is 9.67 Å². The molecule has 0 spiro atoms. The summed E-state index contributed by atoms with van der Waals surface area (Å²) in [5.74, 6) is 0. The zero-order chi connectivity index (χ0) is 15.7.